The monoisotopic (exact) mass is 276 g/mol. The van der Waals surface area contributed by atoms with Crippen LogP contribution < -0.4 is 0 Å². The molecule has 0 bridgehead atoms. The van der Waals surface area contributed by atoms with Crippen LogP contribution in [-0.4, -0.2) is 31.7 Å². The molecule has 1 aromatic rings. The summed E-state index contributed by atoms with van der Waals surface area (Å²) in [4.78, 5) is 12.0. The van der Waals surface area contributed by atoms with Gasteiger partial charge in [0.25, 0.3) is 0 Å². The third-order valence-electron chi connectivity index (χ3n) is 3.63. The summed E-state index contributed by atoms with van der Waals surface area (Å²) in [5, 5.41) is 0. The van der Waals surface area contributed by atoms with Crippen molar-refractivity contribution in [2.24, 2.45) is 0 Å². The number of Topliss-reactive ketones (excluding diaryl/α,β-unsaturated/α-hetero) is 1. The molecule has 0 radical (unpaired) electrons. The molecule has 1 aromatic carbocycles. The highest BCUT2D eigenvalue weighted by molar-refractivity contribution is 5.97. The summed E-state index contributed by atoms with van der Waals surface area (Å²) < 4.78 is 11.1. The van der Waals surface area contributed by atoms with Crippen LogP contribution in [0.5, 0.6) is 0 Å². The van der Waals surface area contributed by atoms with Gasteiger partial charge in [-0.1, -0.05) is 37.6 Å². The van der Waals surface area contributed by atoms with E-state index in [9.17, 15) is 4.79 Å². The number of hydrogen-bond donors (Lipinski definition) is 0. The van der Waals surface area contributed by atoms with Crippen LogP contribution in [-0.2, 0) is 15.9 Å². The Labute approximate surface area is 121 Å². The molecule has 0 amide bonds. The van der Waals surface area contributed by atoms with E-state index in [2.05, 4.69) is 6.92 Å². The second kappa shape index (κ2) is 8.18. The Kier molecular flexibility index (Phi) is 6.22. The van der Waals surface area contributed by atoms with E-state index in [1.165, 1.54) is 12.0 Å². The molecule has 0 aliphatic carbocycles. The molecular formula is C17H24O3. The molecule has 0 N–H and O–H groups in total. The average Bonchev–Trinajstić information content (AvgIpc) is 2.49. The standard InChI is InChI=1S/C17H24O3/c1-2-5-14-7-9-15(10-8-14)17(18)13-19-12-16-6-3-4-11-20-16/h7-10,16H,2-6,11-13H2,1H3. The molecule has 110 valence electrons. The third-order valence-corrected chi connectivity index (χ3v) is 3.63. The van der Waals surface area contributed by atoms with Crippen molar-refractivity contribution >= 4 is 5.78 Å². The highest BCUT2D eigenvalue weighted by Crippen LogP contribution is 2.13. The van der Waals surface area contributed by atoms with Crippen molar-refractivity contribution in [2.75, 3.05) is 19.8 Å². The van der Waals surface area contributed by atoms with Gasteiger partial charge >= 0.3 is 0 Å². The van der Waals surface area contributed by atoms with Gasteiger partial charge in [0.2, 0.25) is 0 Å². The summed E-state index contributed by atoms with van der Waals surface area (Å²) in [5.41, 5.74) is 2.01. The minimum absolute atomic E-state index is 0.0452. The Morgan fingerprint density at radius 2 is 2.10 bits per heavy atom. The van der Waals surface area contributed by atoms with E-state index in [0.29, 0.717) is 6.61 Å². The lowest BCUT2D eigenvalue weighted by Crippen LogP contribution is -2.25. The van der Waals surface area contributed by atoms with Gasteiger partial charge in [-0.25, -0.2) is 0 Å². The molecule has 3 nitrogen and oxygen atoms in total. The van der Waals surface area contributed by atoms with Gasteiger partial charge in [0.15, 0.2) is 5.78 Å². The normalized spacial score (nSPS) is 18.9. The molecule has 1 aliphatic rings. The largest absolute Gasteiger partial charge is 0.376 e. The van der Waals surface area contributed by atoms with Gasteiger partial charge in [-0.2, -0.15) is 0 Å². The van der Waals surface area contributed by atoms with Crippen LogP contribution in [0.1, 0.15) is 48.5 Å². The molecule has 2 rings (SSSR count). The van der Waals surface area contributed by atoms with Gasteiger partial charge < -0.3 is 9.47 Å². The van der Waals surface area contributed by atoms with Gasteiger partial charge in [0.05, 0.1) is 12.7 Å². The molecular weight excluding hydrogens is 252 g/mol. The minimum Gasteiger partial charge on any atom is -0.376 e. The maximum absolute atomic E-state index is 12.0. The van der Waals surface area contributed by atoms with Crippen LogP contribution in [0.3, 0.4) is 0 Å². The summed E-state index contributed by atoms with van der Waals surface area (Å²) in [6, 6.07) is 7.85. The number of rotatable bonds is 7. The molecule has 0 saturated carbocycles. The molecule has 1 fully saturated rings. The van der Waals surface area contributed by atoms with E-state index in [0.717, 1.165) is 37.9 Å². The van der Waals surface area contributed by atoms with Gasteiger partial charge in [-0.3, -0.25) is 4.79 Å². The first-order valence-electron chi connectivity index (χ1n) is 7.61. The van der Waals surface area contributed by atoms with Crippen molar-refractivity contribution in [2.45, 2.75) is 45.1 Å². The van der Waals surface area contributed by atoms with E-state index in [1.807, 2.05) is 24.3 Å². The van der Waals surface area contributed by atoms with Crippen molar-refractivity contribution in [1.29, 1.82) is 0 Å². The Morgan fingerprint density at radius 3 is 2.75 bits per heavy atom. The first-order chi connectivity index (χ1) is 9.79. The Morgan fingerprint density at radius 1 is 1.30 bits per heavy atom. The lowest BCUT2D eigenvalue weighted by molar-refractivity contribution is -0.0370. The van der Waals surface area contributed by atoms with Crippen molar-refractivity contribution in [3.8, 4) is 0 Å². The van der Waals surface area contributed by atoms with Crippen LogP contribution >= 0.6 is 0 Å². The molecule has 1 saturated heterocycles. The van der Waals surface area contributed by atoms with E-state index in [4.69, 9.17) is 9.47 Å². The number of hydrogen-bond acceptors (Lipinski definition) is 3. The van der Waals surface area contributed by atoms with Crippen molar-refractivity contribution in [1.82, 2.24) is 0 Å². The topological polar surface area (TPSA) is 35.5 Å². The average molecular weight is 276 g/mol. The fourth-order valence-corrected chi connectivity index (χ4v) is 2.45. The van der Waals surface area contributed by atoms with Gasteiger partial charge in [0.1, 0.15) is 6.61 Å². The van der Waals surface area contributed by atoms with Crippen molar-refractivity contribution in [3.63, 3.8) is 0 Å². The molecule has 1 heterocycles. The zero-order valence-electron chi connectivity index (χ0n) is 12.3. The van der Waals surface area contributed by atoms with Crippen LogP contribution in [0.25, 0.3) is 0 Å². The maximum Gasteiger partial charge on any atom is 0.188 e. The lowest BCUT2D eigenvalue weighted by Gasteiger charge is -2.22. The minimum atomic E-state index is 0.0452. The van der Waals surface area contributed by atoms with Crippen LogP contribution in [0.2, 0.25) is 0 Å². The molecule has 1 unspecified atom stereocenters. The summed E-state index contributed by atoms with van der Waals surface area (Å²) in [6.45, 7) is 3.65. The number of ketones is 1. The number of benzene rings is 1. The number of ether oxygens (including phenoxy) is 2. The molecule has 20 heavy (non-hydrogen) atoms. The highest BCUT2D eigenvalue weighted by Gasteiger charge is 2.14. The Balaban J connectivity index is 1.73. The molecule has 0 aromatic heterocycles. The number of carbonyl (C=O) groups excluding carboxylic acids is 1. The smallest absolute Gasteiger partial charge is 0.188 e. The second-order valence-electron chi connectivity index (χ2n) is 5.37. The van der Waals surface area contributed by atoms with E-state index in [-0.39, 0.29) is 18.5 Å². The van der Waals surface area contributed by atoms with Gasteiger partial charge in [-0.15, -0.1) is 0 Å². The fourth-order valence-electron chi connectivity index (χ4n) is 2.45. The Bertz CT molecular complexity index is 405. The summed E-state index contributed by atoms with van der Waals surface area (Å²) in [7, 11) is 0. The van der Waals surface area contributed by atoms with Gasteiger partial charge in [0, 0.05) is 12.2 Å². The molecule has 0 spiro atoms. The molecule has 1 atom stereocenters. The number of carbonyl (C=O) groups is 1. The van der Waals surface area contributed by atoms with Crippen LogP contribution in [0, 0.1) is 0 Å². The number of aryl methyl sites for hydroxylation is 1. The lowest BCUT2D eigenvalue weighted by atomic mass is 10.1. The zero-order chi connectivity index (χ0) is 14.2. The summed E-state index contributed by atoms with van der Waals surface area (Å²) >= 11 is 0. The first kappa shape index (κ1) is 15.2. The predicted octanol–water partition coefficient (Wildman–Crippen LogP) is 3.41. The third kappa shape index (κ3) is 4.73. The molecule has 3 heteroatoms. The van der Waals surface area contributed by atoms with E-state index in [1.54, 1.807) is 0 Å². The zero-order valence-corrected chi connectivity index (χ0v) is 12.3. The highest BCUT2D eigenvalue weighted by atomic mass is 16.5. The van der Waals surface area contributed by atoms with Gasteiger partial charge in [-0.05, 0) is 31.2 Å². The molecule has 1 aliphatic heterocycles. The van der Waals surface area contributed by atoms with E-state index >= 15 is 0 Å². The summed E-state index contributed by atoms with van der Waals surface area (Å²) in [5.74, 6) is 0.0452. The first-order valence-corrected chi connectivity index (χ1v) is 7.61. The van der Waals surface area contributed by atoms with Crippen LogP contribution in [0.15, 0.2) is 24.3 Å². The van der Waals surface area contributed by atoms with E-state index < -0.39 is 0 Å². The predicted molar refractivity (Wildman–Crippen MR) is 79.2 cm³/mol. The van der Waals surface area contributed by atoms with Crippen molar-refractivity contribution in [3.05, 3.63) is 35.4 Å². The fraction of sp³-hybridized carbons (Fsp3) is 0.588. The van der Waals surface area contributed by atoms with Crippen molar-refractivity contribution < 1.29 is 14.3 Å². The summed E-state index contributed by atoms with van der Waals surface area (Å²) in [6.07, 6.45) is 5.73. The maximum atomic E-state index is 12.0. The Hall–Kier alpha value is -1.19. The van der Waals surface area contributed by atoms with Crippen LogP contribution in [0.4, 0.5) is 0 Å². The SMILES string of the molecule is CCCc1ccc(C(=O)COCC2CCCCO2)cc1. The second-order valence-corrected chi connectivity index (χ2v) is 5.37. The quantitative estimate of drug-likeness (QED) is 0.716.